The van der Waals surface area contributed by atoms with E-state index in [4.69, 9.17) is 5.11 Å². The van der Waals surface area contributed by atoms with E-state index in [1.54, 1.807) is 12.2 Å². The van der Waals surface area contributed by atoms with Gasteiger partial charge in [0.2, 0.25) is 0 Å². The Bertz CT molecular complexity index is 937. The zero-order valence-corrected chi connectivity index (χ0v) is 16.4. The zero-order valence-electron chi connectivity index (χ0n) is 16.4. The quantitative estimate of drug-likeness (QED) is 0.439. The summed E-state index contributed by atoms with van der Waals surface area (Å²) < 4.78 is 0. The van der Waals surface area contributed by atoms with E-state index in [2.05, 4.69) is 9.97 Å². The molecule has 0 radical (unpaired) electrons. The van der Waals surface area contributed by atoms with Crippen LogP contribution in [0.4, 0.5) is 0 Å². The predicted molar refractivity (Wildman–Crippen MR) is 111 cm³/mol. The first kappa shape index (κ1) is 20.7. The van der Waals surface area contributed by atoms with Crippen LogP contribution in [-0.2, 0) is 9.59 Å². The number of para-hydroxylation sites is 2. The minimum absolute atomic E-state index is 0.0646. The van der Waals surface area contributed by atoms with Gasteiger partial charge in [-0.25, -0.2) is 4.98 Å². The third-order valence-corrected chi connectivity index (χ3v) is 5.20. The number of imidazole rings is 1. The maximum Gasteiger partial charge on any atom is 0.303 e. The van der Waals surface area contributed by atoms with E-state index in [1.807, 2.05) is 49.4 Å². The summed E-state index contributed by atoms with van der Waals surface area (Å²) in [4.78, 5) is 30.4. The second kappa shape index (κ2) is 9.47. The number of rotatable bonds is 9. The van der Waals surface area contributed by atoms with E-state index in [0.717, 1.165) is 16.6 Å². The van der Waals surface area contributed by atoms with Crippen molar-refractivity contribution in [2.24, 2.45) is 11.8 Å². The molecular weight excluding hydrogens is 368 g/mol. The molecule has 0 aliphatic heterocycles. The fourth-order valence-electron chi connectivity index (χ4n) is 3.63. The molecule has 0 unspecified atom stereocenters. The molecule has 1 heterocycles. The van der Waals surface area contributed by atoms with E-state index < -0.39 is 12.1 Å². The Morgan fingerprint density at radius 1 is 1.31 bits per heavy atom. The summed E-state index contributed by atoms with van der Waals surface area (Å²) in [7, 11) is 0. The van der Waals surface area contributed by atoms with Gasteiger partial charge in [-0.1, -0.05) is 42.0 Å². The van der Waals surface area contributed by atoms with Crippen molar-refractivity contribution < 1.29 is 19.8 Å². The van der Waals surface area contributed by atoms with E-state index >= 15 is 0 Å². The number of H-pyrrole nitrogens is 1. The van der Waals surface area contributed by atoms with Gasteiger partial charge < -0.3 is 15.2 Å². The number of carboxylic acids is 1. The van der Waals surface area contributed by atoms with Crippen molar-refractivity contribution in [3.8, 4) is 0 Å². The third-order valence-electron chi connectivity index (χ3n) is 5.20. The first-order valence-corrected chi connectivity index (χ1v) is 9.85. The molecule has 29 heavy (non-hydrogen) atoms. The lowest BCUT2D eigenvalue weighted by Gasteiger charge is -2.16. The van der Waals surface area contributed by atoms with Crippen LogP contribution in [0.3, 0.4) is 0 Å². The molecule has 3 rings (SSSR count). The first-order chi connectivity index (χ1) is 14.0. The Morgan fingerprint density at radius 2 is 2.10 bits per heavy atom. The molecule has 0 fully saturated rings. The van der Waals surface area contributed by atoms with Crippen LogP contribution in [0, 0.1) is 11.8 Å². The molecule has 1 aliphatic rings. The smallest absolute Gasteiger partial charge is 0.303 e. The number of fused-ring (bicyclic) bond motifs is 1. The molecule has 0 saturated heterocycles. The molecule has 0 bridgehead atoms. The van der Waals surface area contributed by atoms with E-state index in [9.17, 15) is 14.7 Å². The minimum Gasteiger partial charge on any atom is -0.481 e. The monoisotopic (exact) mass is 394 g/mol. The molecule has 6 nitrogen and oxygen atoms in total. The van der Waals surface area contributed by atoms with Crippen LogP contribution in [0.2, 0.25) is 0 Å². The van der Waals surface area contributed by atoms with Gasteiger partial charge in [0.05, 0.1) is 11.0 Å². The molecule has 1 aliphatic carbocycles. The lowest BCUT2D eigenvalue weighted by Crippen LogP contribution is -2.15. The molecule has 1 aromatic heterocycles. The Labute approximate surface area is 169 Å². The lowest BCUT2D eigenvalue weighted by atomic mass is 9.87. The van der Waals surface area contributed by atoms with Gasteiger partial charge in [-0.3, -0.25) is 9.59 Å². The summed E-state index contributed by atoms with van der Waals surface area (Å²) in [5.41, 5.74) is 2.65. The number of nitrogens with zero attached hydrogens (tertiary/aromatic N) is 1. The number of unbranched alkanes of at least 4 members (excludes halogenated alkanes) is 1. The van der Waals surface area contributed by atoms with Crippen LogP contribution in [0.1, 0.15) is 44.5 Å². The second-order valence-corrected chi connectivity index (χ2v) is 7.39. The Balaban J connectivity index is 1.62. The van der Waals surface area contributed by atoms with Crippen molar-refractivity contribution in [1.29, 1.82) is 0 Å². The summed E-state index contributed by atoms with van der Waals surface area (Å²) in [6, 6.07) is 7.59. The number of aliphatic hydroxyl groups excluding tert-OH is 1. The number of ketones is 1. The number of aromatic nitrogens is 2. The molecule has 3 atom stereocenters. The maximum absolute atomic E-state index is 12.3. The van der Waals surface area contributed by atoms with Crippen molar-refractivity contribution in [3.63, 3.8) is 0 Å². The van der Waals surface area contributed by atoms with E-state index in [0.29, 0.717) is 25.1 Å². The van der Waals surface area contributed by atoms with Gasteiger partial charge in [0, 0.05) is 18.3 Å². The molecule has 2 aromatic rings. The molecule has 152 valence electrons. The molecule has 6 heteroatoms. The van der Waals surface area contributed by atoms with Gasteiger partial charge >= 0.3 is 5.97 Å². The van der Waals surface area contributed by atoms with Gasteiger partial charge in [0.15, 0.2) is 5.78 Å². The number of aliphatic carboxylic acids is 1. The number of nitrogens with one attached hydrogen (secondary N) is 1. The van der Waals surface area contributed by atoms with Crippen molar-refractivity contribution in [2.75, 3.05) is 0 Å². The van der Waals surface area contributed by atoms with Crippen molar-refractivity contribution >= 4 is 22.8 Å². The second-order valence-electron chi connectivity index (χ2n) is 7.39. The van der Waals surface area contributed by atoms with Crippen LogP contribution in [0.15, 0.2) is 60.2 Å². The van der Waals surface area contributed by atoms with Crippen LogP contribution >= 0.6 is 0 Å². The lowest BCUT2D eigenvalue weighted by molar-refractivity contribution is -0.137. The number of aromatic amines is 1. The summed E-state index contributed by atoms with van der Waals surface area (Å²) >= 11 is 0. The summed E-state index contributed by atoms with van der Waals surface area (Å²) in [6.45, 7) is 1.93. The number of aliphatic hydroxyl groups is 1. The summed E-state index contributed by atoms with van der Waals surface area (Å²) in [5, 5.41) is 19.1. The minimum atomic E-state index is -0.877. The summed E-state index contributed by atoms with van der Waals surface area (Å²) in [5.74, 6) is -0.485. The Hall–Kier alpha value is -2.99. The molecule has 0 spiro atoms. The number of allylic oxidation sites excluding steroid dienone is 5. The van der Waals surface area contributed by atoms with Gasteiger partial charge in [-0.15, -0.1) is 0 Å². The molecule has 0 amide bonds. The average Bonchev–Trinajstić information content (AvgIpc) is 3.23. The molecule has 1 aromatic carbocycles. The SMILES string of the molecule is CC1=CC(=O)[C@H](C/C=C\CCCC(=O)O)[C@H]1/C=C/[C@@H](O)c1nc2ccccc2[nH]1. The van der Waals surface area contributed by atoms with Crippen LogP contribution in [-0.4, -0.2) is 31.9 Å². The topological polar surface area (TPSA) is 103 Å². The largest absolute Gasteiger partial charge is 0.481 e. The van der Waals surface area contributed by atoms with Crippen LogP contribution < -0.4 is 0 Å². The van der Waals surface area contributed by atoms with Crippen molar-refractivity contribution in [2.45, 2.75) is 38.7 Å². The first-order valence-electron chi connectivity index (χ1n) is 9.85. The standard InChI is InChI=1S/C23H26N2O4/c1-15-14-21(27)17(8-4-2-3-5-11-22(28)29)16(15)12-13-20(26)23-24-18-9-6-7-10-19(18)25-23/h2,4,6-7,9-10,12-14,16-17,20,26H,3,5,8,11H2,1H3,(H,24,25)(H,28,29)/b4-2-,13-12+/t16-,17+,20+/m0/s1. The van der Waals surface area contributed by atoms with Gasteiger partial charge in [-0.05, 0) is 44.4 Å². The van der Waals surface area contributed by atoms with Crippen molar-refractivity contribution in [3.05, 3.63) is 66.0 Å². The van der Waals surface area contributed by atoms with Gasteiger partial charge in [-0.2, -0.15) is 0 Å². The molecule has 3 N–H and O–H groups in total. The van der Waals surface area contributed by atoms with Crippen LogP contribution in [0.5, 0.6) is 0 Å². The fraction of sp³-hybridized carbons (Fsp3) is 0.348. The van der Waals surface area contributed by atoms with E-state index in [-0.39, 0.29) is 24.0 Å². The van der Waals surface area contributed by atoms with Gasteiger partial charge in [0.25, 0.3) is 0 Å². The highest BCUT2D eigenvalue weighted by molar-refractivity contribution is 5.96. The van der Waals surface area contributed by atoms with Crippen molar-refractivity contribution in [1.82, 2.24) is 9.97 Å². The highest BCUT2D eigenvalue weighted by Crippen LogP contribution is 2.33. The fourth-order valence-corrected chi connectivity index (χ4v) is 3.63. The number of carbonyl (C=O) groups excluding carboxylic acids is 1. The number of carbonyl (C=O) groups is 2. The third kappa shape index (κ3) is 5.29. The van der Waals surface area contributed by atoms with Crippen LogP contribution in [0.25, 0.3) is 11.0 Å². The maximum atomic E-state index is 12.3. The summed E-state index contributed by atoms with van der Waals surface area (Å²) in [6.07, 6.45) is 10.3. The highest BCUT2D eigenvalue weighted by Gasteiger charge is 2.31. The Kier molecular flexibility index (Phi) is 6.77. The normalized spacial score (nSPS) is 20.8. The number of hydrogen-bond donors (Lipinski definition) is 3. The van der Waals surface area contributed by atoms with Gasteiger partial charge in [0.1, 0.15) is 11.9 Å². The molecular formula is C23H26N2O4. The highest BCUT2D eigenvalue weighted by atomic mass is 16.4. The predicted octanol–water partition coefficient (Wildman–Crippen LogP) is 4.12. The van der Waals surface area contributed by atoms with E-state index in [1.165, 1.54) is 0 Å². The zero-order chi connectivity index (χ0) is 20.8. The average molecular weight is 394 g/mol. The number of benzene rings is 1. The number of hydrogen-bond acceptors (Lipinski definition) is 4. The Morgan fingerprint density at radius 3 is 2.86 bits per heavy atom. The number of carboxylic acid groups (broad SMARTS) is 1. The molecule has 0 saturated carbocycles.